The number of amides is 2. The molecule has 0 bridgehead atoms. The van der Waals surface area contributed by atoms with Crippen LogP contribution in [0.5, 0.6) is 0 Å². The topological polar surface area (TPSA) is 53.1 Å². The van der Waals surface area contributed by atoms with Crippen molar-refractivity contribution in [2.24, 2.45) is 5.92 Å². The molecule has 160 valence electrons. The molecule has 2 fully saturated rings. The van der Waals surface area contributed by atoms with Crippen molar-refractivity contribution in [3.8, 4) is 0 Å². The van der Waals surface area contributed by atoms with Crippen molar-refractivity contribution in [2.75, 3.05) is 46.4 Å². The van der Waals surface area contributed by atoms with E-state index in [0.29, 0.717) is 45.1 Å². The second-order valence-corrected chi connectivity index (χ2v) is 8.18. The number of benzene rings is 1. The summed E-state index contributed by atoms with van der Waals surface area (Å²) in [6.45, 7) is 8.29. The number of halogens is 1. The average Bonchev–Trinajstić information content (AvgIpc) is 2.73. The van der Waals surface area contributed by atoms with Crippen molar-refractivity contribution in [1.29, 1.82) is 0 Å². The first kappa shape index (κ1) is 21.7. The number of carbonyl (C=O) groups excluding carboxylic acids is 2. The third-order valence-electron chi connectivity index (χ3n) is 6.13. The van der Waals surface area contributed by atoms with Crippen LogP contribution >= 0.6 is 0 Å². The van der Waals surface area contributed by atoms with E-state index < -0.39 is 0 Å². The Kier molecular flexibility index (Phi) is 7.24. The Hall–Kier alpha value is -1.99. The summed E-state index contributed by atoms with van der Waals surface area (Å²) in [5.74, 6) is -0.532. The fraction of sp³-hybridized carbons (Fsp3) is 0.636. The molecule has 2 amide bonds. The van der Waals surface area contributed by atoms with E-state index >= 15 is 0 Å². The molecule has 2 aliphatic rings. The molecule has 0 spiro atoms. The molecule has 0 aromatic heterocycles. The summed E-state index contributed by atoms with van der Waals surface area (Å²) in [4.78, 5) is 32.2. The molecular formula is C22H32FN3O3. The first-order valence-corrected chi connectivity index (χ1v) is 10.5. The van der Waals surface area contributed by atoms with Crippen molar-refractivity contribution in [1.82, 2.24) is 14.7 Å². The molecule has 2 heterocycles. The van der Waals surface area contributed by atoms with E-state index in [-0.39, 0.29) is 29.6 Å². The molecule has 0 N–H and O–H groups in total. The third-order valence-corrected chi connectivity index (χ3v) is 6.13. The van der Waals surface area contributed by atoms with Gasteiger partial charge in [-0.25, -0.2) is 4.39 Å². The quantitative estimate of drug-likeness (QED) is 0.729. The number of ether oxygens (including phenoxy) is 1. The molecule has 29 heavy (non-hydrogen) atoms. The van der Waals surface area contributed by atoms with Crippen LogP contribution in [-0.2, 0) is 14.3 Å². The Morgan fingerprint density at radius 1 is 1.17 bits per heavy atom. The Balaban J connectivity index is 1.83. The number of hydrogen-bond acceptors (Lipinski definition) is 4. The summed E-state index contributed by atoms with van der Waals surface area (Å²) in [6.07, 6.45) is 0.872. The van der Waals surface area contributed by atoms with Gasteiger partial charge in [0.05, 0.1) is 18.6 Å². The SMILES string of the molecule is COCCN1C(=O)CC[C@@H](C(=O)N2CCN(C(C)C)CC2)[C@@H]1c1ccc(F)cc1. The van der Waals surface area contributed by atoms with Gasteiger partial charge in [0.1, 0.15) is 5.82 Å². The molecule has 1 aromatic rings. The second-order valence-electron chi connectivity index (χ2n) is 8.18. The highest BCUT2D eigenvalue weighted by molar-refractivity contribution is 5.85. The first-order chi connectivity index (χ1) is 13.9. The molecule has 3 rings (SSSR count). The van der Waals surface area contributed by atoms with Crippen LogP contribution in [-0.4, -0.2) is 79.0 Å². The van der Waals surface area contributed by atoms with E-state index in [1.165, 1.54) is 12.1 Å². The fourth-order valence-corrected chi connectivity index (χ4v) is 4.43. The zero-order valence-corrected chi connectivity index (χ0v) is 17.6. The summed E-state index contributed by atoms with van der Waals surface area (Å²) in [5, 5.41) is 0. The highest BCUT2D eigenvalue weighted by Gasteiger charge is 2.42. The van der Waals surface area contributed by atoms with Crippen molar-refractivity contribution >= 4 is 11.8 Å². The largest absolute Gasteiger partial charge is 0.383 e. The number of carbonyl (C=O) groups is 2. The van der Waals surface area contributed by atoms with Gasteiger partial charge in [0.25, 0.3) is 0 Å². The molecule has 0 radical (unpaired) electrons. The van der Waals surface area contributed by atoms with E-state index in [1.807, 2.05) is 4.90 Å². The Labute approximate surface area is 172 Å². The maximum absolute atomic E-state index is 13.5. The molecule has 2 aliphatic heterocycles. The van der Waals surface area contributed by atoms with E-state index in [1.54, 1.807) is 24.1 Å². The van der Waals surface area contributed by atoms with Crippen LogP contribution in [0.15, 0.2) is 24.3 Å². The third kappa shape index (κ3) is 4.95. The van der Waals surface area contributed by atoms with E-state index in [2.05, 4.69) is 18.7 Å². The molecule has 0 aliphatic carbocycles. The van der Waals surface area contributed by atoms with Crippen LogP contribution in [0.3, 0.4) is 0 Å². The lowest BCUT2D eigenvalue weighted by Crippen LogP contribution is -2.55. The Bertz CT molecular complexity index is 702. The van der Waals surface area contributed by atoms with Crippen LogP contribution < -0.4 is 0 Å². The average molecular weight is 406 g/mol. The predicted molar refractivity (Wildman–Crippen MR) is 109 cm³/mol. The monoisotopic (exact) mass is 405 g/mol. The van der Waals surface area contributed by atoms with Gasteiger partial charge in [-0.2, -0.15) is 0 Å². The van der Waals surface area contributed by atoms with Gasteiger partial charge in [-0.3, -0.25) is 14.5 Å². The predicted octanol–water partition coefficient (Wildman–Crippen LogP) is 2.30. The minimum absolute atomic E-state index is 0.0186. The zero-order valence-electron chi connectivity index (χ0n) is 17.6. The Morgan fingerprint density at radius 2 is 1.83 bits per heavy atom. The van der Waals surface area contributed by atoms with Gasteiger partial charge in [0, 0.05) is 52.3 Å². The number of nitrogens with zero attached hydrogens (tertiary/aromatic N) is 3. The summed E-state index contributed by atoms with van der Waals surface area (Å²) in [6, 6.07) is 6.25. The first-order valence-electron chi connectivity index (χ1n) is 10.5. The van der Waals surface area contributed by atoms with Crippen LogP contribution in [0, 0.1) is 11.7 Å². The minimum atomic E-state index is -0.386. The standard InChI is InChI=1S/C22H32FN3O3/c1-16(2)24-10-12-25(13-11-24)22(28)19-8-9-20(27)26(14-15-29-3)21(19)17-4-6-18(23)7-5-17/h4-7,16,19,21H,8-15H2,1-3H3/t19-,21+/m1/s1. The van der Waals surface area contributed by atoms with Crippen molar-refractivity contribution in [2.45, 2.75) is 38.8 Å². The molecule has 6 nitrogen and oxygen atoms in total. The van der Waals surface area contributed by atoms with Gasteiger partial charge in [0.2, 0.25) is 11.8 Å². The Morgan fingerprint density at radius 3 is 2.41 bits per heavy atom. The number of piperidine rings is 1. The van der Waals surface area contributed by atoms with Crippen molar-refractivity contribution in [3.63, 3.8) is 0 Å². The molecule has 1 aromatic carbocycles. The van der Waals surface area contributed by atoms with Crippen LogP contribution in [0.25, 0.3) is 0 Å². The fourth-order valence-electron chi connectivity index (χ4n) is 4.43. The van der Waals surface area contributed by atoms with Gasteiger partial charge in [-0.15, -0.1) is 0 Å². The smallest absolute Gasteiger partial charge is 0.228 e. The molecule has 0 saturated carbocycles. The summed E-state index contributed by atoms with van der Waals surface area (Å²) >= 11 is 0. The van der Waals surface area contributed by atoms with Gasteiger partial charge < -0.3 is 14.5 Å². The molecular weight excluding hydrogens is 373 g/mol. The van der Waals surface area contributed by atoms with Crippen LogP contribution in [0.1, 0.15) is 38.3 Å². The molecule has 2 saturated heterocycles. The lowest BCUT2D eigenvalue weighted by molar-refractivity contribution is -0.149. The number of methoxy groups -OCH3 is 1. The molecule has 0 unspecified atom stereocenters. The van der Waals surface area contributed by atoms with Gasteiger partial charge in [-0.05, 0) is 38.0 Å². The number of hydrogen-bond donors (Lipinski definition) is 0. The summed E-state index contributed by atoms with van der Waals surface area (Å²) < 4.78 is 18.7. The van der Waals surface area contributed by atoms with Gasteiger partial charge in [-0.1, -0.05) is 12.1 Å². The number of rotatable bonds is 6. The highest BCUT2D eigenvalue weighted by Crippen LogP contribution is 2.38. The van der Waals surface area contributed by atoms with Gasteiger partial charge >= 0.3 is 0 Å². The zero-order chi connectivity index (χ0) is 21.0. The normalized spacial score (nSPS) is 23.7. The van der Waals surface area contributed by atoms with E-state index in [9.17, 15) is 14.0 Å². The number of piperazine rings is 1. The molecule has 2 atom stereocenters. The summed E-state index contributed by atoms with van der Waals surface area (Å²) in [7, 11) is 1.60. The van der Waals surface area contributed by atoms with Gasteiger partial charge in [0.15, 0.2) is 0 Å². The lowest BCUT2D eigenvalue weighted by Gasteiger charge is -2.44. The van der Waals surface area contributed by atoms with E-state index in [0.717, 1.165) is 18.7 Å². The summed E-state index contributed by atoms with van der Waals surface area (Å²) in [5.41, 5.74) is 0.801. The lowest BCUT2D eigenvalue weighted by atomic mass is 9.83. The second kappa shape index (κ2) is 9.67. The minimum Gasteiger partial charge on any atom is -0.383 e. The molecule has 7 heteroatoms. The van der Waals surface area contributed by atoms with Crippen LogP contribution in [0.2, 0.25) is 0 Å². The number of likely N-dealkylation sites (tertiary alicyclic amines) is 1. The van der Waals surface area contributed by atoms with E-state index in [4.69, 9.17) is 4.74 Å². The maximum atomic E-state index is 13.5. The van der Waals surface area contributed by atoms with Crippen molar-refractivity contribution in [3.05, 3.63) is 35.6 Å². The maximum Gasteiger partial charge on any atom is 0.228 e. The van der Waals surface area contributed by atoms with Crippen molar-refractivity contribution < 1.29 is 18.7 Å². The van der Waals surface area contributed by atoms with Crippen LogP contribution in [0.4, 0.5) is 4.39 Å². The highest BCUT2D eigenvalue weighted by atomic mass is 19.1.